The lowest BCUT2D eigenvalue weighted by molar-refractivity contribution is 0.0931. The Morgan fingerprint density at radius 2 is 1.77 bits per heavy atom. The number of carbonyl (C=O) groups is 1. The molecule has 5 nitrogen and oxygen atoms in total. The molecule has 1 aliphatic carbocycles. The van der Waals surface area contributed by atoms with Gasteiger partial charge in [-0.3, -0.25) is 4.79 Å². The summed E-state index contributed by atoms with van der Waals surface area (Å²) < 4.78 is 26.3. The molecule has 1 amide bonds. The first kappa shape index (κ1) is 18.2. The number of carbonyl (C=O) groups excluding carboxylic acids is 1. The van der Waals surface area contributed by atoms with Gasteiger partial charge >= 0.3 is 0 Å². The topological polar surface area (TPSA) is 75.3 Å². The van der Waals surface area contributed by atoms with Gasteiger partial charge in [-0.2, -0.15) is 4.72 Å². The molecule has 1 aliphatic rings. The Labute approximate surface area is 153 Å². The van der Waals surface area contributed by atoms with Crippen LogP contribution in [0.15, 0.2) is 59.5 Å². The molecular weight excluding hydrogens is 348 g/mol. The third-order valence-electron chi connectivity index (χ3n) is 4.33. The number of nitrogens with one attached hydrogen (secondary N) is 2. The molecule has 26 heavy (non-hydrogen) atoms. The van der Waals surface area contributed by atoms with Gasteiger partial charge in [-0.1, -0.05) is 36.3 Å². The van der Waals surface area contributed by atoms with Crippen molar-refractivity contribution in [2.24, 2.45) is 5.92 Å². The van der Waals surface area contributed by atoms with E-state index in [0.29, 0.717) is 11.5 Å². The molecule has 0 radical (unpaired) electrons. The van der Waals surface area contributed by atoms with E-state index in [2.05, 4.69) is 16.0 Å². The molecule has 134 valence electrons. The molecule has 3 rings (SSSR count). The molecular formula is C20H20N2O3S. The van der Waals surface area contributed by atoms with Crippen LogP contribution in [0.4, 0.5) is 0 Å². The van der Waals surface area contributed by atoms with Crippen molar-refractivity contribution in [2.75, 3.05) is 6.54 Å². The van der Waals surface area contributed by atoms with Gasteiger partial charge in [-0.05, 0) is 48.6 Å². The maximum Gasteiger partial charge on any atom is 0.251 e. The van der Waals surface area contributed by atoms with Crippen molar-refractivity contribution in [3.8, 4) is 12.3 Å². The van der Waals surface area contributed by atoms with Crippen LogP contribution in [0.1, 0.15) is 34.8 Å². The summed E-state index contributed by atoms with van der Waals surface area (Å²) in [5.41, 5.74) is 1.50. The number of hydrogen-bond acceptors (Lipinski definition) is 3. The van der Waals surface area contributed by atoms with Gasteiger partial charge in [-0.25, -0.2) is 8.42 Å². The second kappa shape index (κ2) is 7.73. The van der Waals surface area contributed by atoms with E-state index in [1.165, 1.54) is 24.3 Å². The fourth-order valence-corrected chi connectivity index (χ4v) is 3.73. The third kappa shape index (κ3) is 4.31. The summed E-state index contributed by atoms with van der Waals surface area (Å²) in [7, 11) is -3.66. The zero-order valence-corrected chi connectivity index (χ0v) is 15.0. The molecule has 1 saturated carbocycles. The van der Waals surface area contributed by atoms with Gasteiger partial charge < -0.3 is 5.32 Å². The molecule has 0 aromatic heterocycles. The first-order valence-electron chi connectivity index (χ1n) is 8.40. The number of sulfonamides is 1. The van der Waals surface area contributed by atoms with Gasteiger partial charge in [0.05, 0.1) is 17.5 Å². The van der Waals surface area contributed by atoms with Crippen molar-refractivity contribution in [3.05, 3.63) is 65.7 Å². The van der Waals surface area contributed by atoms with Crippen LogP contribution in [0.2, 0.25) is 0 Å². The van der Waals surface area contributed by atoms with Gasteiger partial charge in [0, 0.05) is 5.56 Å². The molecule has 0 bridgehead atoms. The first-order valence-corrected chi connectivity index (χ1v) is 9.88. The van der Waals surface area contributed by atoms with Crippen LogP contribution in [0, 0.1) is 18.3 Å². The second-order valence-corrected chi connectivity index (χ2v) is 8.02. The van der Waals surface area contributed by atoms with Gasteiger partial charge in [0.1, 0.15) is 0 Å². The van der Waals surface area contributed by atoms with Crippen LogP contribution in [-0.2, 0) is 10.0 Å². The van der Waals surface area contributed by atoms with Crippen molar-refractivity contribution in [3.63, 3.8) is 0 Å². The minimum Gasteiger partial charge on any atom is -0.345 e. The van der Waals surface area contributed by atoms with Crippen LogP contribution in [-0.4, -0.2) is 20.9 Å². The van der Waals surface area contributed by atoms with E-state index in [9.17, 15) is 13.2 Å². The number of benzene rings is 2. The lowest BCUT2D eigenvalue weighted by atomic mass is 10.0. The third-order valence-corrected chi connectivity index (χ3v) is 5.75. The SMILES string of the molecule is C#CCNS(=O)(=O)c1ccc(C(=O)NC(c2ccccc2)C2CC2)cc1. The van der Waals surface area contributed by atoms with E-state index in [0.717, 1.165) is 18.4 Å². The number of hydrogen-bond donors (Lipinski definition) is 2. The average molecular weight is 368 g/mol. The molecule has 0 saturated heterocycles. The average Bonchev–Trinajstić information content (AvgIpc) is 3.50. The summed E-state index contributed by atoms with van der Waals surface area (Å²) in [5.74, 6) is 2.46. The Morgan fingerprint density at radius 1 is 1.12 bits per heavy atom. The lowest BCUT2D eigenvalue weighted by Gasteiger charge is -2.19. The van der Waals surface area contributed by atoms with Gasteiger partial charge in [0.15, 0.2) is 0 Å². The molecule has 2 aromatic carbocycles. The van der Waals surface area contributed by atoms with Crippen LogP contribution in [0.3, 0.4) is 0 Å². The fourth-order valence-electron chi connectivity index (χ4n) is 2.79. The van der Waals surface area contributed by atoms with E-state index < -0.39 is 10.0 Å². The Balaban J connectivity index is 1.73. The van der Waals surface area contributed by atoms with Gasteiger partial charge in [-0.15, -0.1) is 6.42 Å². The summed E-state index contributed by atoms with van der Waals surface area (Å²) in [6.45, 7) is -0.0787. The fraction of sp³-hybridized carbons (Fsp3) is 0.250. The molecule has 0 aliphatic heterocycles. The van der Waals surface area contributed by atoms with Crippen molar-refractivity contribution >= 4 is 15.9 Å². The Hall–Kier alpha value is -2.62. The van der Waals surface area contributed by atoms with Gasteiger partial charge in [0.25, 0.3) is 5.91 Å². The first-order chi connectivity index (χ1) is 12.5. The zero-order valence-electron chi connectivity index (χ0n) is 14.2. The highest BCUT2D eigenvalue weighted by atomic mass is 32.2. The highest BCUT2D eigenvalue weighted by Crippen LogP contribution is 2.41. The number of terminal acetylenes is 1. The van der Waals surface area contributed by atoms with Crippen molar-refractivity contribution in [1.82, 2.24) is 10.0 Å². The predicted molar refractivity (Wildman–Crippen MR) is 99.8 cm³/mol. The van der Waals surface area contributed by atoms with Crippen molar-refractivity contribution < 1.29 is 13.2 Å². The predicted octanol–water partition coefficient (Wildman–Crippen LogP) is 2.48. The molecule has 2 aromatic rings. The van der Waals surface area contributed by atoms with Crippen LogP contribution < -0.4 is 10.0 Å². The van der Waals surface area contributed by atoms with E-state index in [-0.39, 0.29) is 23.4 Å². The summed E-state index contributed by atoms with van der Waals surface area (Å²) in [6.07, 6.45) is 7.26. The Kier molecular flexibility index (Phi) is 5.40. The molecule has 1 atom stereocenters. The smallest absolute Gasteiger partial charge is 0.251 e. The normalized spacial score (nSPS) is 15.0. The van der Waals surface area contributed by atoms with E-state index in [1.807, 2.05) is 30.3 Å². The molecule has 1 fully saturated rings. The minimum atomic E-state index is -3.66. The molecule has 2 N–H and O–H groups in total. The van der Waals surface area contributed by atoms with Crippen LogP contribution >= 0.6 is 0 Å². The second-order valence-electron chi connectivity index (χ2n) is 6.25. The van der Waals surface area contributed by atoms with E-state index >= 15 is 0 Å². The minimum absolute atomic E-state index is 0.0237. The standard InChI is InChI=1S/C20H20N2O3S/c1-2-14-21-26(24,25)18-12-10-17(11-13-18)20(23)22-19(16-8-9-16)15-6-4-3-5-7-15/h1,3-7,10-13,16,19,21H,8-9,14H2,(H,22,23). The van der Waals surface area contributed by atoms with Crippen LogP contribution in [0.5, 0.6) is 0 Å². The number of amides is 1. The Bertz CT molecular complexity index is 912. The monoisotopic (exact) mass is 368 g/mol. The summed E-state index contributed by atoms with van der Waals surface area (Å²) in [5, 5.41) is 3.07. The van der Waals surface area contributed by atoms with Crippen molar-refractivity contribution in [2.45, 2.75) is 23.8 Å². The maximum atomic E-state index is 12.6. The summed E-state index contributed by atoms with van der Waals surface area (Å²) in [6, 6.07) is 15.7. The summed E-state index contributed by atoms with van der Waals surface area (Å²) >= 11 is 0. The van der Waals surface area contributed by atoms with Crippen LogP contribution in [0.25, 0.3) is 0 Å². The molecule has 0 spiro atoms. The Morgan fingerprint density at radius 3 is 2.35 bits per heavy atom. The zero-order chi connectivity index (χ0) is 18.6. The molecule has 0 heterocycles. The number of rotatable bonds is 7. The van der Waals surface area contributed by atoms with Gasteiger partial charge in [0.2, 0.25) is 10.0 Å². The van der Waals surface area contributed by atoms with E-state index in [1.54, 1.807) is 0 Å². The maximum absolute atomic E-state index is 12.6. The summed E-state index contributed by atoms with van der Waals surface area (Å²) in [4.78, 5) is 12.7. The quantitative estimate of drug-likeness (QED) is 0.737. The van der Waals surface area contributed by atoms with Crippen molar-refractivity contribution in [1.29, 1.82) is 0 Å². The highest BCUT2D eigenvalue weighted by molar-refractivity contribution is 7.89. The molecule has 1 unspecified atom stereocenters. The highest BCUT2D eigenvalue weighted by Gasteiger charge is 2.33. The lowest BCUT2D eigenvalue weighted by Crippen LogP contribution is -2.30. The van der Waals surface area contributed by atoms with E-state index in [4.69, 9.17) is 6.42 Å². The molecule has 6 heteroatoms. The largest absolute Gasteiger partial charge is 0.345 e.